The Balaban J connectivity index is 1.54. The van der Waals surface area contributed by atoms with Gasteiger partial charge in [0.1, 0.15) is 5.82 Å². The van der Waals surface area contributed by atoms with E-state index in [9.17, 15) is 4.79 Å². The molecule has 0 atom stereocenters. The van der Waals surface area contributed by atoms with Crippen LogP contribution in [0, 0.1) is 0 Å². The Kier molecular flexibility index (Phi) is 4.66. The van der Waals surface area contributed by atoms with Gasteiger partial charge in [0, 0.05) is 37.6 Å². The summed E-state index contributed by atoms with van der Waals surface area (Å²) in [7, 11) is 0. The van der Waals surface area contributed by atoms with Gasteiger partial charge in [0.05, 0.1) is 11.8 Å². The molecule has 3 heterocycles. The quantitative estimate of drug-likeness (QED) is 0.766. The van der Waals surface area contributed by atoms with E-state index in [0.29, 0.717) is 37.9 Å². The topological polar surface area (TPSA) is 74.5 Å². The fraction of sp³-hybridized carbons (Fsp3) is 0.350. The summed E-state index contributed by atoms with van der Waals surface area (Å²) in [5.41, 5.74) is 0.916. The molecule has 1 aliphatic heterocycles. The number of hydrogen-bond acceptors (Lipinski definition) is 6. The molecule has 7 heteroatoms. The second-order valence-electron chi connectivity index (χ2n) is 6.94. The number of nitrogens with zero attached hydrogens (tertiary/aromatic N) is 4. The number of hydrogen-bond donors (Lipinski definition) is 1. The summed E-state index contributed by atoms with van der Waals surface area (Å²) in [4.78, 5) is 25.9. The van der Waals surface area contributed by atoms with Crippen molar-refractivity contribution in [2.45, 2.75) is 19.9 Å². The first-order chi connectivity index (χ1) is 13.1. The first kappa shape index (κ1) is 17.3. The van der Waals surface area contributed by atoms with Crippen molar-refractivity contribution in [3.63, 3.8) is 0 Å². The van der Waals surface area contributed by atoms with Crippen LogP contribution < -0.4 is 10.2 Å². The lowest BCUT2D eigenvalue weighted by Gasteiger charge is -2.34. The van der Waals surface area contributed by atoms with Crippen LogP contribution in [0.2, 0.25) is 0 Å². The van der Waals surface area contributed by atoms with Crippen molar-refractivity contribution in [3.05, 3.63) is 48.4 Å². The molecule has 3 aromatic rings. The fourth-order valence-electron chi connectivity index (χ4n) is 3.25. The van der Waals surface area contributed by atoms with E-state index in [1.807, 2.05) is 29.2 Å². The first-order valence-corrected chi connectivity index (χ1v) is 9.23. The minimum Gasteiger partial charge on any atom is -0.459 e. The van der Waals surface area contributed by atoms with Crippen molar-refractivity contribution in [2.24, 2.45) is 0 Å². The molecule has 140 valence electrons. The maximum absolute atomic E-state index is 12.4. The van der Waals surface area contributed by atoms with Gasteiger partial charge in [0.2, 0.25) is 5.95 Å². The van der Waals surface area contributed by atoms with E-state index in [-0.39, 0.29) is 11.9 Å². The molecule has 0 bridgehead atoms. The maximum atomic E-state index is 12.4. The second-order valence-corrected chi connectivity index (χ2v) is 6.94. The zero-order chi connectivity index (χ0) is 18.8. The molecule has 4 rings (SSSR count). The van der Waals surface area contributed by atoms with Crippen molar-refractivity contribution in [1.29, 1.82) is 0 Å². The zero-order valence-corrected chi connectivity index (χ0v) is 15.6. The standard InChI is InChI=1S/C20H23N5O2/c1-14(2)21-18-15-6-3-4-7-16(15)22-20(23-18)25-11-9-24(10-12-25)19(26)17-8-5-13-27-17/h3-8,13-14H,9-12H2,1-2H3,(H,21,22,23). The zero-order valence-electron chi connectivity index (χ0n) is 15.6. The molecule has 1 aromatic carbocycles. The average Bonchev–Trinajstić information content (AvgIpc) is 3.22. The number of benzene rings is 1. The summed E-state index contributed by atoms with van der Waals surface area (Å²) < 4.78 is 5.22. The van der Waals surface area contributed by atoms with E-state index in [1.165, 1.54) is 6.26 Å². The number of piperazine rings is 1. The average molecular weight is 365 g/mol. The predicted molar refractivity (Wildman–Crippen MR) is 105 cm³/mol. The van der Waals surface area contributed by atoms with Crippen LogP contribution in [-0.2, 0) is 0 Å². The van der Waals surface area contributed by atoms with Crippen LogP contribution in [0.25, 0.3) is 10.9 Å². The van der Waals surface area contributed by atoms with Gasteiger partial charge in [-0.25, -0.2) is 4.98 Å². The highest BCUT2D eigenvalue weighted by atomic mass is 16.3. The Labute approximate surface area is 158 Å². The van der Waals surface area contributed by atoms with Gasteiger partial charge >= 0.3 is 0 Å². The van der Waals surface area contributed by atoms with E-state index in [0.717, 1.165) is 16.7 Å². The van der Waals surface area contributed by atoms with E-state index in [1.54, 1.807) is 12.1 Å². The van der Waals surface area contributed by atoms with Gasteiger partial charge in [0.15, 0.2) is 5.76 Å². The van der Waals surface area contributed by atoms with Crippen LogP contribution in [0.15, 0.2) is 47.1 Å². The number of para-hydroxylation sites is 1. The van der Waals surface area contributed by atoms with Crippen LogP contribution in [-0.4, -0.2) is 53.0 Å². The van der Waals surface area contributed by atoms with Gasteiger partial charge < -0.3 is 19.5 Å². The van der Waals surface area contributed by atoms with Crippen LogP contribution in [0.1, 0.15) is 24.4 Å². The second kappa shape index (κ2) is 7.26. The Morgan fingerprint density at radius 1 is 1.07 bits per heavy atom. The van der Waals surface area contributed by atoms with Gasteiger partial charge in [0.25, 0.3) is 5.91 Å². The number of nitrogens with one attached hydrogen (secondary N) is 1. The molecule has 1 aliphatic rings. The lowest BCUT2D eigenvalue weighted by atomic mass is 10.2. The summed E-state index contributed by atoms with van der Waals surface area (Å²) in [6.07, 6.45) is 1.52. The van der Waals surface area contributed by atoms with Crippen LogP contribution in [0.3, 0.4) is 0 Å². The Hall–Kier alpha value is -3.09. The third-order valence-electron chi connectivity index (χ3n) is 4.60. The molecular weight excluding hydrogens is 342 g/mol. The summed E-state index contributed by atoms with van der Waals surface area (Å²) in [6, 6.07) is 11.7. The summed E-state index contributed by atoms with van der Waals surface area (Å²) in [5.74, 6) is 1.86. The Morgan fingerprint density at radius 2 is 1.85 bits per heavy atom. The van der Waals surface area contributed by atoms with Gasteiger partial charge in [-0.3, -0.25) is 4.79 Å². The number of carbonyl (C=O) groups is 1. The molecule has 0 spiro atoms. The van der Waals surface area contributed by atoms with Crippen LogP contribution in [0.5, 0.6) is 0 Å². The molecular formula is C20H23N5O2. The Morgan fingerprint density at radius 3 is 2.56 bits per heavy atom. The lowest BCUT2D eigenvalue weighted by molar-refractivity contribution is 0.0714. The van der Waals surface area contributed by atoms with Crippen molar-refractivity contribution in [2.75, 3.05) is 36.4 Å². The van der Waals surface area contributed by atoms with Gasteiger partial charge in [-0.05, 0) is 38.1 Å². The lowest BCUT2D eigenvalue weighted by Crippen LogP contribution is -2.49. The molecule has 1 amide bonds. The van der Waals surface area contributed by atoms with Gasteiger partial charge in [-0.15, -0.1) is 0 Å². The normalized spacial score (nSPS) is 14.8. The monoisotopic (exact) mass is 365 g/mol. The molecule has 0 saturated carbocycles. The fourth-order valence-corrected chi connectivity index (χ4v) is 3.25. The highest BCUT2D eigenvalue weighted by Crippen LogP contribution is 2.24. The predicted octanol–water partition coefficient (Wildman–Crippen LogP) is 3.01. The number of rotatable bonds is 4. The highest BCUT2D eigenvalue weighted by Gasteiger charge is 2.25. The van der Waals surface area contributed by atoms with E-state index < -0.39 is 0 Å². The van der Waals surface area contributed by atoms with Gasteiger partial charge in [-0.2, -0.15) is 4.98 Å². The number of furan rings is 1. The molecule has 0 unspecified atom stereocenters. The van der Waals surface area contributed by atoms with Crippen molar-refractivity contribution >= 4 is 28.6 Å². The third kappa shape index (κ3) is 3.58. The van der Waals surface area contributed by atoms with Crippen molar-refractivity contribution < 1.29 is 9.21 Å². The minimum atomic E-state index is -0.0683. The number of aromatic nitrogens is 2. The largest absolute Gasteiger partial charge is 0.459 e. The van der Waals surface area contributed by atoms with E-state index in [4.69, 9.17) is 14.4 Å². The first-order valence-electron chi connectivity index (χ1n) is 9.23. The molecule has 27 heavy (non-hydrogen) atoms. The minimum absolute atomic E-state index is 0.0683. The maximum Gasteiger partial charge on any atom is 0.289 e. The van der Waals surface area contributed by atoms with Crippen LogP contribution in [0.4, 0.5) is 11.8 Å². The number of amides is 1. The highest BCUT2D eigenvalue weighted by molar-refractivity contribution is 5.92. The van der Waals surface area contributed by atoms with Crippen molar-refractivity contribution in [1.82, 2.24) is 14.9 Å². The molecule has 2 aromatic heterocycles. The summed E-state index contributed by atoms with van der Waals surface area (Å²) in [6.45, 7) is 6.79. The van der Waals surface area contributed by atoms with E-state index in [2.05, 4.69) is 24.1 Å². The smallest absolute Gasteiger partial charge is 0.289 e. The molecule has 1 fully saturated rings. The molecule has 1 N–H and O–H groups in total. The third-order valence-corrected chi connectivity index (χ3v) is 4.60. The number of anilines is 2. The molecule has 7 nitrogen and oxygen atoms in total. The van der Waals surface area contributed by atoms with E-state index >= 15 is 0 Å². The summed E-state index contributed by atoms with van der Waals surface area (Å²) >= 11 is 0. The number of fused-ring (bicyclic) bond motifs is 1. The van der Waals surface area contributed by atoms with Gasteiger partial charge in [-0.1, -0.05) is 12.1 Å². The number of carbonyl (C=O) groups excluding carboxylic acids is 1. The molecule has 1 saturated heterocycles. The molecule has 0 radical (unpaired) electrons. The van der Waals surface area contributed by atoms with Crippen LogP contribution >= 0.6 is 0 Å². The summed E-state index contributed by atoms with van der Waals surface area (Å²) in [5, 5.41) is 4.43. The van der Waals surface area contributed by atoms with Crippen molar-refractivity contribution in [3.8, 4) is 0 Å². The SMILES string of the molecule is CC(C)Nc1nc(N2CCN(C(=O)c3ccco3)CC2)nc2ccccc12. The molecule has 0 aliphatic carbocycles. The Bertz CT molecular complexity index is 931.